The summed E-state index contributed by atoms with van der Waals surface area (Å²) in [4.78, 5) is 34.6. The van der Waals surface area contributed by atoms with Crippen LogP contribution in [0, 0.1) is 41.4 Å². The lowest BCUT2D eigenvalue weighted by atomic mass is 9.67. The molecular weight excluding hydrogens is 248 g/mol. The smallest absolute Gasteiger partial charge is 0.317 e. The van der Waals surface area contributed by atoms with Gasteiger partial charge < -0.3 is 9.84 Å². The molecule has 2 aliphatic carbocycles. The average molecular weight is 266 g/mol. The van der Waals surface area contributed by atoms with E-state index in [1.54, 1.807) is 6.92 Å². The van der Waals surface area contributed by atoms with Gasteiger partial charge in [0.05, 0.1) is 17.8 Å². The van der Waals surface area contributed by atoms with Crippen LogP contribution < -0.4 is 0 Å². The zero-order valence-corrected chi connectivity index (χ0v) is 11.0. The number of ether oxygens (including phenoxy) is 1. The van der Waals surface area contributed by atoms with E-state index in [1.807, 2.05) is 6.92 Å². The molecule has 1 N–H and O–H groups in total. The number of carboxylic acids is 1. The Bertz CT molecular complexity index is 455. The van der Waals surface area contributed by atoms with Crippen molar-refractivity contribution >= 4 is 17.9 Å². The maximum absolute atomic E-state index is 11.9. The highest BCUT2D eigenvalue weighted by molar-refractivity contribution is 5.96. The molecule has 0 aromatic rings. The van der Waals surface area contributed by atoms with Crippen molar-refractivity contribution in [2.45, 2.75) is 26.7 Å². The number of carboxylic acid groups (broad SMARTS) is 1. The van der Waals surface area contributed by atoms with Crippen molar-refractivity contribution in [3.8, 4) is 0 Å². The Balaban J connectivity index is 1.84. The fourth-order valence-corrected chi connectivity index (χ4v) is 4.73. The summed E-state index contributed by atoms with van der Waals surface area (Å²) in [5.74, 6) is -1.94. The highest BCUT2D eigenvalue weighted by Crippen LogP contribution is 2.59. The van der Waals surface area contributed by atoms with Crippen molar-refractivity contribution in [1.29, 1.82) is 0 Å². The molecule has 2 saturated carbocycles. The van der Waals surface area contributed by atoms with Gasteiger partial charge in [0.2, 0.25) is 0 Å². The molecule has 5 nitrogen and oxygen atoms in total. The molecule has 0 aromatic heterocycles. The molecule has 0 aromatic carbocycles. The SMILES string of the molecule is CC1C(=O)OC(=O)C1C1C2CC(C(=O)O)C(C2)C1C. The van der Waals surface area contributed by atoms with Gasteiger partial charge in [-0.2, -0.15) is 0 Å². The van der Waals surface area contributed by atoms with Crippen LogP contribution in [-0.2, 0) is 19.1 Å². The van der Waals surface area contributed by atoms with E-state index in [1.165, 1.54) is 0 Å². The van der Waals surface area contributed by atoms with E-state index in [9.17, 15) is 19.5 Å². The maximum atomic E-state index is 11.9. The second kappa shape index (κ2) is 4.05. The summed E-state index contributed by atoms with van der Waals surface area (Å²) in [6.07, 6.45) is 1.51. The van der Waals surface area contributed by atoms with E-state index < -0.39 is 17.9 Å². The van der Waals surface area contributed by atoms with Crippen LogP contribution in [0.3, 0.4) is 0 Å². The summed E-state index contributed by atoms with van der Waals surface area (Å²) in [6.45, 7) is 3.76. The molecule has 1 saturated heterocycles. The van der Waals surface area contributed by atoms with E-state index in [0.29, 0.717) is 6.42 Å². The molecule has 7 atom stereocenters. The van der Waals surface area contributed by atoms with Gasteiger partial charge in [-0.1, -0.05) is 13.8 Å². The van der Waals surface area contributed by atoms with Gasteiger partial charge in [0.25, 0.3) is 0 Å². The van der Waals surface area contributed by atoms with Crippen LogP contribution in [-0.4, -0.2) is 23.0 Å². The number of carbonyl (C=O) groups excluding carboxylic acids is 2. The standard InChI is InChI=1S/C14H18O5/c1-5-8-3-7(4-9(8)12(15)16)10(5)11-6(2)13(17)19-14(11)18/h5-11H,3-4H2,1-2H3,(H,15,16). The van der Waals surface area contributed by atoms with Crippen molar-refractivity contribution < 1.29 is 24.2 Å². The van der Waals surface area contributed by atoms with Crippen LogP contribution in [0.1, 0.15) is 26.7 Å². The summed E-state index contributed by atoms with van der Waals surface area (Å²) in [7, 11) is 0. The number of esters is 2. The molecule has 3 fully saturated rings. The Morgan fingerprint density at radius 2 is 1.89 bits per heavy atom. The third kappa shape index (κ3) is 1.63. The largest absolute Gasteiger partial charge is 0.481 e. The number of rotatable bonds is 2. The number of cyclic esters (lactones) is 2. The number of hydrogen-bond acceptors (Lipinski definition) is 4. The molecule has 104 valence electrons. The topological polar surface area (TPSA) is 80.7 Å². The quantitative estimate of drug-likeness (QED) is 0.602. The lowest BCUT2D eigenvalue weighted by molar-refractivity contribution is -0.154. The minimum absolute atomic E-state index is 0.106. The zero-order chi connectivity index (χ0) is 13.9. The Hall–Kier alpha value is -1.39. The van der Waals surface area contributed by atoms with Crippen LogP contribution in [0.25, 0.3) is 0 Å². The summed E-state index contributed by atoms with van der Waals surface area (Å²) in [5.41, 5.74) is 0. The van der Waals surface area contributed by atoms with Crippen LogP contribution in [0.4, 0.5) is 0 Å². The minimum Gasteiger partial charge on any atom is -0.481 e. The minimum atomic E-state index is -0.726. The molecule has 0 amide bonds. The van der Waals surface area contributed by atoms with Gasteiger partial charge in [0.1, 0.15) is 0 Å². The summed E-state index contributed by atoms with van der Waals surface area (Å²) >= 11 is 0. The van der Waals surface area contributed by atoms with Crippen molar-refractivity contribution in [3.63, 3.8) is 0 Å². The summed E-state index contributed by atoms with van der Waals surface area (Å²) < 4.78 is 4.73. The Morgan fingerprint density at radius 1 is 1.21 bits per heavy atom. The van der Waals surface area contributed by atoms with Crippen LogP contribution in [0.5, 0.6) is 0 Å². The van der Waals surface area contributed by atoms with E-state index in [2.05, 4.69) is 0 Å². The maximum Gasteiger partial charge on any atom is 0.317 e. The third-order valence-corrected chi connectivity index (χ3v) is 5.59. The highest BCUT2D eigenvalue weighted by atomic mass is 16.6. The molecule has 19 heavy (non-hydrogen) atoms. The first-order valence-corrected chi connectivity index (χ1v) is 6.90. The second-order valence-electron chi connectivity index (χ2n) is 6.33. The molecule has 1 heterocycles. The first kappa shape index (κ1) is 12.6. The van der Waals surface area contributed by atoms with Gasteiger partial charge in [-0.15, -0.1) is 0 Å². The normalized spacial score (nSPS) is 48.6. The van der Waals surface area contributed by atoms with Crippen molar-refractivity contribution in [1.82, 2.24) is 0 Å². The van der Waals surface area contributed by atoms with Crippen molar-refractivity contribution in [2.24, 2.45) is 41.4 Å². The van der Waals surface area contributed by atoms with Gasteiger partial charge >= 0.3 is 17.9 Å². The summed E-state index contributed by atoms with van der Waals surface area (Å²) in [6, 6.07) is 0. The van der Waals surface area contributed by atoms with Crippen LogP contribution in [0.2, 0.25) is 0 Å². The van der Waals surface area contributed by atoms with Gasteiger partial charge in [0.15, 0.2) is 0 Å². The van der Waals surface area contributed by atoms with E-state index in [-0.39, 0.29) is 41.4 Å². The van der Waals surface area contributed by atoms with Gasteiger partial charge in [-0.3, -0.25) is 14.4 Å². The molecule has 0 radical (unpaired) electrons. The van der Waals surface area contributed by atoms with Gasteiger partial charge in [-0.05, 0) is 36.5 Å². The molecule has 3 rings (SSSR count). The first-order chi connectivity index (χ1) is 8.91. The van der Waals surface area contributed by atoms with E-state index in [4.69, 9.17) is 4.74 Å². The Labute approximate surface area is 111 Å². The monoisotopic (exact) mass is 266 g/mol. The third-order valence-electron chi connectivity index (χ3n) is 5.59. The van der Waals surface area contributed by atoms with Crippen molar-refractivity contribution in [2.75, 3.05) is 0 Å². The van der Waals surface area contributed by atoms with E-state index in [0.717, 1.165) is 6.42 Å². The van der Waals surface area contributed by atoms with Crippen LogP contribution in [0.15, 0.2) is 0 Å². The zero-order valence-electron chi connectivity index (χ0n) is 11.0. The van der Waals surface area contributed by atoms with Crippen molar-refractivity contribution in [3.05, 3.63) is 0 Å². The fourth-order valence-electron chi connectivity index (χ4n) is 4.73. The molecule has 5 heteroatoms. The molecule has 7 unspecified atom stereocenters. The number of carbonyl (C=O) groups is 3. The van der Waals surface area contributed by atoms with E-state index >= 15 is 0 Å². The first-order valence-electron chi connectivity index (χ1n) is 6.90. The number of aliphatic carboxylic acids is 1. The average Bonchev–Trinajstić information content (AvgIpc) is 2.95. The predicted octanol–water partition coefficient (Wildman–Crippen LogP) is 1.31. The second-order valence-corrected chi connectivity index (χ2v) is 6.33. The predicted molar refractivity (Wildman–Crippen MR) is 63.7 cm³/mol. The molecular formula is C14H18O5. The molecule has 3 aliphatic rings. The number of hydrogen-bond donors (Lipinski definition) is 1. The lowest BCUT2D eigenvalue weighted by Gasteiger charge is -2.35. The highest BCUT2D eigenvalue weighted by Gasteiger charge is 2.59. The summed E-state index contributed by atoms with van der Waals surface area (Å²) in [5, 5.41) is 9.20. The molecule has 0 spiro atoms. The lowest BCUT2D eigenvalue weighted by Crippen LogP contribution is -2.38. The van der Waals surface area contributed by atoms with Crippen LogP contribution >= 0.6 is 0 Å². The number of fused-ring (bicyclic) bond motifs is 2. The Morgan fingerprint density at radius 3 is 2.37 bits per heavy atom. The molecule has 1 aliphatic heterocycles. The van der Waals surface area contributed by atoms with Gasteiger partial charge in [-0.25, -0.2) is 0 Å². The van der Waals surface area contributed by atoms with Gasteiger partial charge in [0, 0.05) is 0 Å². The fraction of sp³-hybridized carbons (Fsp3) is 0.786. The Kier molecular flexibility index (Phi) is 2.69. The molecule has 2 bridgehead atoms.